The fourth-order valence-corrected chi connectivity index (χ4v) is 2.18. The molecule has 0 spiro atoms. The summed E-state index contributed by atoms with van der Waals surface area (Å²) in [6.45, 7) is 5.20. The molecule has 0 fully saturated rings. The van der Waals surface area contributed by atoms with Gasteiger partial charge in [-0.2, -0.15) is 0 Å². The van der Waals surface area contributed by atoms with Gasteiger partial charge in [-0.05, 0) is 55.0 Å². The lowest BCUT2D eigenvalue weighted by atomic mass is 10.1. The first kappa shape index (κ1) is 19.8. The predicted molar refractivity (Wildman–Crippen MR) is 106 cm³/mol. The zero-order valence-electron chi connectivity index (χ0n) is 15.6. The molecular formula is C22H27NO3. The Morgan fingerprint density at radius 3 is 1.85 bits per heavy atom. The van der Waals surface area contributed by atoms with Gasteiger partial charge in [-0.15, -0.1) is 0 Å². The Morgan fingerprint density at radius 2 is 1.27 bits per heavy atom. The standard InChI is InChI=1S/C22H27NO3/c1-3-14-24-15-16-25-17-18-26-22-12-8-20(9-13-22)5-4-19-6-10-21(23-2)11-7-19/h6-13,23H,3,14-18H2,1-2H3. The normalized spacial score (nSPS) is 10.1. The summed E-state index contributed by atoms with van der Waals surface area (Å²) in [6, 6.07) is 15.8. The predicted octanol–water partition coefficient (Wildman–Crippen LogP) is 3.95. The molecule has 0 aliphatic carbocycles. The van der Waals surface area contributed by atoms with Crippen molar-refractivity contribution in [3.63, 3.8) is 0 Å². The minimum atomic E-state index is 0.524. The Kier molecular flexibility index (Phi) is 9.13. The first-order valence-corrected chi connectivity index (χ1v) is 9.00. The molecule has 0 unspecified atom stereocenters. The van der Waals surface area contributed by atoms with Gasteiger partial charge in [-0.3, -0.25) is 0 Å². The average Bonchev–Trinajstić information content (AvgIpc) is 2.69. The first-order chi connectivity index (χ1) is 12.8. The van der Waals surface area contributed by atoms with Crippen molar-refractivity contribution >= 4 is 5.69 Å². The Bertz CT molecular complexity index is 684. The highest BCUT2D eigenvalue weighted by molar-refractivity contribution is 5.50. The third-order valence-electron chi connectivity index (χ3n) is 3.60. The van der Waals surface area contributed by atoms with Crippen molar-refractivity contribution in [2.45, 2.75) is 13.3 Å². The molecule has 4 nitrogen and oxygen atoms in total. The highest BCUT2D eigenvalue weighted by Gasteiger charge is 1.95. The number of anilines is 1. The van der Waals surface area contributed by atoms with E-state index >= 15 is 0 Å². The summed E-state index contributed by atoms with van der Waals surface area (Å²) in [7, 11) is 1.90. The second kappa shape index (κ2) is 12.0. The summed E-state index contributed by atoms with van der Waals surface area (Å²) < 4.78 is 16.5. The van der Waals surface area contributed by atoms with Crippen LogP contribution in [0.25, 0.3) is 0 Å². The van der Waals surface area contributed by atoms with Gasteiger partial charge in [0.15, 0.2) is 0 Å². The smallest absolute Gasteiger partial charge is 0.119 e. The maximum absolute atomic E-state index is 5.66. The van der Waals surface area contributed by atoms with Crippen molar-refractivity contribution < 1.29 is 14.2 Å². The molecular weight excluding hydrogens is 326 g/mol. The van der Waals surface area contributed by atoms with E-state index in [0.29, 0.717) is 26.4 Å². The molecule has 0 saturated heterocycles. The van der Waals surface area contributed by atoms with E-state index in [0.717, 1.165) is 35.6 Å². The van der Waals surface area contributed by atoms with Gasteiger partial charge in [-0.25, -0.2) is 0 Å². The minimum absolute atomic E-state index is 0.524. The van der Waals surface area contributed by atoms with Crippen molar-refractivity contribution in [2.75, 3.05) is 45.4 Å². The molecule has 0 heterocycles. The molecule has 0 bridgehead atoms. The van der Waals surface area contributed by atoms with Crippen LogP contribution in [0.15, 0.2) is 48.5 Å². The van der Waals surface area contributed by atoms with Gasteiger partial charge in [0.05, 0.1) is 19.8 Å². The molecule has 0 aliphatic heterocycles. The highest BCUT2D eigenvalue weighted by Crippen LogP contribution is 2.12. The van der Waals surface area contributed by atoms with E-state index in [4.69, 9.17) is 14.2 Å². The monoisotopic (exact) mass is 353 g/mol. The first-order valence-electron chi connectivity index (χ1n) is 9.00. The summed E-state index contributed by atoms with van der Waals surface area (Å²) in [5.74, 6) is 7.14. The summed E-state index contributed by atoms with van der Waals surface area (Å²) >= 11 is 0. The van der Waals surface area contributed by atoms with Crippen LogP contribution in [-0.2, 0) is 9.47 Å². The van der Waals surface area contributed by atoms with E-state index in [-0.39, 0.29) is 0 Å². The van der Waals surface area contributed by atoms with Crippen LogP contribution in [0, 0.1) is 11.8 Å². The van der Waals surface area contributed by atoms with Gasteiger partial charge in [0, 0.05) is 30.5 Å². The van der Waals surface area contributed by atoms with Crippen molar-refractivity contribution in [3.8, 4) is 17.6 Å². The Labute approximate surface area is 156 Å². The number of hydrogen-bond acceptors (Lipinski definition) is 4. The van der Waals surface area contributed by atoms with Gasteiger partial charge in [0.2, 0.25) is 0 Å². The van der Waals surface area contributed by atoms with E-state index in [9.17, 15) is 0 Å². The van der Waals surface area contributed by atoms with Crippen LogP contribution in [-0.4, -0.2) is 40.1 Å². The molecule has 1 N–H and O–H groups in total. The second-order valence-corrected chi connectivity index (χ2v) is 5.67. The van der Waals surface area contributed by atoms with E-state index < -0.39 is 0 Å². The van der Waals surface area contributed by atoms with Gasteiger partial charge >= 0.3 is 0 Å². The lowest BCUT2D eigenvalue weighted by molar-refractivity contribution is 0.0366. The third kappa shape index (κ3) is 7.60. The number of hydrogen-bond donors (Lipinski definition) is 1. The molecule has 2 aromatic carbocycles. The van der Waals surface area contributed by atoms with Crippen LogP contribution in [0.2, 0.25) is 0 Å². The van der Waals surface area contributed by atoms with Gasteiger partial charge in [-0.1, -0.05) is 18.8 Å². The zero-order valence-corrected chi connectivity index (χ0v) is 15.6. The Hall–Kier alpha value is -2.48. The van der Waals surface area contributed by atoms with Crippen LogP contribution in [0.5, 0.6) is 5.75 Å². The lowest BCUT2D eigenvalue weighted by Gasteiger charge is -2.07. The summed E-state index contributed by atoms with van der Waals surface area (Å²) in [5, 5.41) is 3.09. The fourth-order valence-electron chi connectivity index (χ4n) is 2.18. The molecule has 4 heteroatoms. The molecule has 2 rings (SSSR count). The maximum Gasteiger partial charge on any atom is 0.119 e. The average molecular weight is 353 g/mol. The highest BCUT2D eigenvalue weighted by atomic mass is 16.5. The van der Waals surface area contributed by atoms with E-state index in [2.05, 4.69) is 24.1 Å². The van der Waals surface area contributed by atoms with Crippen molar-refractivity contribution in [3.05, 3.63) is 59.7 Å². The minimum Gasteiger partial charge on any atom is -0.491 e. The quantitative estimate of drug-likeness (QED) is 0.519. The Balaban J connectivity index is 1.70. The maximum atomic E-state index is 5.66. The van der Waals surface area contributed by atoms with Gasteiger partial charge in [0.1, 0.15) is 12.4 Å². The second-order valence-electron chi connectivity index (χ2n) is 5.67. The van der Waals surface area contributed by atoms with Crippen molar-refractivity contribution in [2.24, 2.45) is 0 Å². The van der Waals surface area contributed by atoms with E-state index in [1.54, 1.807) is 0 Å². The van der Waals surface area contributed by atoms with E-state index in [1.165, 1.54) is 0 Å². The molecule has 0 atom stereocenters. The summed E-state index contributed by atoms with van der Waals surface area (Å²) in [4.78, 5) is 0. The largest absolute Gasteiger partial charge is 0.491 e. The number of rotatable bonds is 10. The molecule has 0 aromatic heterocycles. The van der Waals surface area contributed by atoms with Crippen LogP contribution in [0.3, 0.4) is 0 Å². The molecule has 138 valence electrons. The van der Waals surface area contributed by atoms with Gasteiger partial charge in [0.25, 0.3) is 0 Å². The van der Waals surface area contributed by atoms with Crippen molar-refractivity contribution in [1.29, 1.82) is 0 Å². The van der Waals surface area contributed by atoms with Gasteiger partial charge < -0.3 is 19.5 Å². The summed E-state index contributed by atoms with van der Waals surface area (Å²) in [5.41, 5.74) is 3.03. The van der Waals surface area contributed by atoms with E-state index in [1.807, 2.05) is 55.6 Å². The fraction of sp³-hybridized carbons (Fsp3) is 0.364. The van der Waals surface area contributed by atoms with Crippen LogP contribution < -0.4 is 10.1 Å². The molecule has 0 aliphatic rings. The lowest BCUT2D eigenvalue weighted by Crippen LogP contribution is -2.11. The zero-order chi connectivity index (χ0) is 18.5. The number of ether oxygens (including phenoxy) is 3. The van der Waals surface area contributed by atoms with Crippen LogP contribution in [0.1, 0.15) is 24.5 Å². The number of nitrogens with one attached hydrogen (secondary N) is 1. The molecule has 0 amide bonds. The molecule has 0 saturated carbocycles. The van der Waals surface area contributed by atoms with Crippen molar-refractivity contribution in [1.82, 2.24) is 0 Å². The molecule has 0 radical (unpaired) electrons. The summed E-state index contributed by atoms with van der Waals surface area (Å²) in [6.07, 6.45) is 1.03. The Morgan fingerprint density at radius 1 is 0.731 bits per heavy atom. The molecule has 26 heavy (non-hydrogen) atoms. The molecule has 2 aromatic rings. The SMILES string of the molecule is CCCOCCOCCOc1ccc(C#Cc2ccc(NC)cc2)cc1. The topological polar surface area (TPSA) is 39.7 Å². The third-order valence-corrected chi connectivity index (χ3v) is 3.60. The van der Waals surface area contributed by atoms with Crippen LogP contribution >= 0.6 is 0 Å². The number of benzene rings is 2. The van der Waals surface area contributed by atoms with Crippen LogP contribution in [0.4, 0.5) is 5.69 Å².